The van der Waals surface area contributed by atoms with E-state index in [1.165, 1.54) is 13.0 Å². The van der Waals surface area contributed by atoms with Crippen LogP contribution in [0.2, 0.25) is 0 Å². The van der Waals surface area contributed by atoms with Crippen LogP contribution in [0.5, 0.6) is 11.6 Å². The van der Waals surface area contributed by atoms with Gasteiger partial charge in [-0.2, -0.15) is 4.98 Å². The summed E-state index contributed by atoms with van der Waals surface area (Å²) in [5, 5.41) is 6.35. The minimum atomic E-state index is -3.35. The van der Waals surface area contributed by atoms with Gasteiger partial charge in [0.1, 0.15) is 17.1 Å². The number of carbonyl (C=O) groups is 2. The molecule has 2 N–H and O–H groups in total. The Bertz CT molecular complexity index is 1140. The average Bonchev–Trinajstić information content (AvgIpc) is 3.27. The number of hydrogen-bond acceptors (Lipinski definition) is 7. The smallest absolute Gasteiger partial charge is 0.261 e. The number of anilines is 1. The van der Waals surface area contributed by atoms with Gasteiger partial charge in [0.15, 0.2) is 15.7 Å². The molecular weight excluding hydrogens is 444 g/mol. The minimum Gasteiger partial charge on any atom is -0.438 e. The largest absolute Gasteiger partial charge is 0.438 e. The Kier molecular flexibility index (Phi) is 7.80. The van der Waals surface area contributed by atoms with Gasteiger partial charge in [-0.15, -0.1) is 0 Å². The van der Waals surface area contributed by atoms with E-state index >= 15 is 0 Å². The monoisotopic (exact) mass is 472 g/mol. The molecule has 0 bridgehead atoms. The number of rotatable bonds is 8. The van der Waals surface area contributed by atoms with Crippen LogP contribution in [0.1, 0.15) is 61.6 Å². The van der Waals surface area contributed by atoms with Gasteiger partial charge in [-0.05, 0) is 31.9 Å². The van der Waals surface area contributed by atoms with E-state index in [9.17, 15) is 18.0 Å². The molecular formula is C23H28N4O5S. The molecule has 33 heavy (non-hydrogen) atoms. The lowest BCUT2D eigenvalue weighted by Crippen LogP contribution is -2.33. The first-order chi connectivity index (χ1) is 15.6. The van der Waals surface area contributed by atoms with Crippen LogP contribution in [-0.4, -0.2) is 42.5 Å². The molecule has 1 aliphatic carbocycles. The molecule has 10 heteroatoms. The number of nitrogens with zero attached hydrogens (tertiary/aromatic N) is 2. The molecule has 1 aliphatic rings. The first kappa shape index (κ1) is 24.4. The molecule has 9 nitrogen and oxygen atoms in total. The summed E-state index contributed by atoms with van der Waals surface area (Å²) in [5.41, 5.74) is -0.0320. The van der Waals surface area contributed by atoms with Gasteiger partial charge in [0.2, 0.25) is 11.8 Å². The van der Waals surface area contributed by atoms with Crippen LogP contribution in [0, 0.1) is 0 Å². The molecule has 2 aromatic rings. The first-order valence-electron chi connectivity index (χ1n) is 10.7. The standard InChI is InChI=1S/C23H28N4O5S/c1-15(13-14-33(3,30)31)24-22(29)19-21(25-16(2)28)26-20(17-9-7-8-10-17)27-23(19)32-18-11-5-4-6-12-18/h4-6,11-15,17H,7-10H2,1-3H3,(H,24,29)(H,25,26,27,28). The molecule has 176 valence electrons. The molecule has 0 radical (unpaired) electrons. The quantitative estimate of drug-likeness (QED) is 0.601. The lowest BCUT2D eigenvalue weighted by molar-refractivity contribution is -0.114. The molecule has 2 amide bonds. The van der Waals surface area contributed by atoms with Crippen molar-refractivity contribution < 1.29 is 22.7 Å². The van der Waals surface area contributed by atoms with E-state index in [2.05, 4.69) is 20.6 Å². The van der Waals surface area contributed by atoms with E-state index in [1.807, 2.05) is 6.07 Å². The Balaban J connectivity index is 2.04. The van der Waals surface area contributed by atoms with Crippen LogP contribution in [0.3, 0.4) is 0 Å². The normalized spacial score (nSPS) is 15.4. The van der Waals surface area contributed by atoms with Crippen molar-refractivity contribution in [1.82, 2.24) is 15.3 Å². The Morgan fingerprint density at radius 3 is 2.42 bits per heavy atom. The lowest BCUT2D eigenvalue weighted by atomic mass is 10.1. The van der Waals surface area contributed by atoms with Crippen LogP contribution in [0.4, 0.5) is 5.82 Å². The maximum absolute atomic E-state index is 13.2. The number of aromatic nitrogens is 2. The fourth-order valence-corrected chi connectivity index (χ4v) is 4.07. The SMILES string of the molecule is CC(=O)Nc1nc(C2CCCC2)nc(Oc2ccccc2)c1C(=O)NC(C)C=CS(C)(=O)=O. The van der Waals surface area contributed by atoms with Crippen LogP contribution >= 0.6 is 0 Å². The predicted molar refractivity (Wildman–Crippen MR) is 125 cm³/mol. The molecule has 1 heterocycles. The third-order valence-electron chi connectivity index (χ3n) is 5.07. The van der Waals surface area contributed by atoms with Gasteiger partial charge in [-0.1, -0.05) is 37.1 Å². The van der Waals surface area contributed by atoms with Gasteiger partial charge >= 0.3 is 0 Å². The fourth-order valence-electron chi connectivity index (χ4n) is 3.55. The van der Waals surface area contributed by atoms with Gasteiger partial charge in [-0.3, -0.25) is 9.59 Å². The summed E-state index contributed by atoms with van der Waals surface area (Å²) in [4.78, 5) is 34.2. The highest BCUT2D eigenvalue weighted by atomic mass is 32.2. The molecule has 1 unspecified atom stereocenters. The molecule has 1 saturated carbocycles. The topological polar surface area (TPSA) is 127 Å². The average molecular weight is 473 g/mol. The highest BCUT2D eigenvalue weighted by Gasteiger charge is 2.28. The molecule has 0 aliphatic heterocycles. The van der Waals surface area contributed by atoms with E-state index in [0.29, 0.717) is 11.6 Å². The van der Waals surface area contributed by atoms with Gasteiger partial charge in [0, 0.05) is 30.5 Å². The number of benzene rings is 1. The summed E-state index contributed by atoms with van der Waals surface area (Å²) in [5.74, 6) is 0.194. The number of hydrogen-bond donors (Lipinski definition) is 2. The number of para-hydroxylation sites is 1. The Labute approximate surface area is 193 Å². The van der Waals surface area contributed by atoms with Crippen molar-refractivity contribution in [2.24, 2.45) is 0 Å². The second kappa shape index (κ2) is 10.6. The van der Waals surface area contributed by atoms with Crippen LogP contribution in [0.15, 0.2) is 41.8 Å². The van der Waals surface area contributed by atoms with Crippen molar-refractivity contribution >= 4 is 27.5 Å². The maximum atomic E-state index is 13.2. The van der Waals surface area contributed by atoms with E-state index in [-0.39, 0.29) is 23.2 Å². The van der Waals surface area contributed by atoms with Gasteiger partial charge < -0.3 is 15.4 Å². The summed E-state index contributed by atoms with van der Waals surface area (Å²) in [6, 6.07) is 8.27. The second-order valence-electron chi connectivity index (χ2n) is 8.11. The van der Waals surface area contributed by atoms with Gasteiger partial charge in [0.05, 0.1) is 0 Å². The second-order valence-corrected chi connectivity index (χ2v) is 10.0. The molecule has 0 spiro atoms. The predicted octanol–water partition coefficient (Wildman–Crippen LogP) is 3.56. The number of ether oxygens (including phenoxy) is 1. The minimum absolute atomic E-state index is 0.0265. The number of nitrogens with one attached hydrogen (secondary N) is 2. The molecule has 1 fully saturated rings. The molecule has 0 saturated heterocycles. The Hall–Kier alpha value is -3.27. The maximum Gasteiger partial charge on any atom is 0.261 e. The van der Waals surface area contributed by atoms with Crippen molar-refractivity contribution in [2.75, 3.05) is 11.6 Å². The van der Waals surface area contributed by atoms with Crippen molar-refractivity contribution in [3.8, 4) is 11.6 Å². The zero-order chi connectivity index (χ0) is 24.0. The van der Waals surface area contributed by atoms with Gasteiger partial charge in [-0.25, -0.2) is 13.4 Å². The van der Waals surface area contributed by atoms with Crippen LogP contribution in [-0.2, 0) is 14.6 Å². The third kappa shape index (κ3) is 7.11. The van der Waals surface area contributed by atoms with Gasteiger partial charge in [0.25, 0.3) is 5.91 Å². The van der Waals surface area contributed by atoms with E-state index in [4.69, 9.17) is 4.74 Å². The number of amides is 2. The summed E-state index contributed by atoms with van der Waals surface area (Å²) < 4.78 is 28.8. The van der Waals surface area contributed by atoms with Crippen LogP contribution in [0.25, 0.3) is 0 Å². The third-order valence-corrected chi connectivity index (χ3v) is 5.72. The van der Waals surface area contributed by atoms with Crippen molar-refractivity contribution in [2.45, 2.75) is 51.5 Å². The molecule has 3 rings (SSSR count). The van der Waals surface area contributed by atoms with E-state index in [1.54, 1.807) is 31.2 Å². The molecule has 1 aromatic carbocycles. The fraction of sp³-hybridized carbons (Fsp3) is 0.391. The number of carbonyl (C=O) groups excluding carboxylic acids is 2. The van der Waals surface area contributed by atoms with E-state index in [0.717, 1.165) is 37.3 Å². The summed E-state index contributed by atoms with van der Waals surface area (Å²) in [7, 11) is -3.35. The van der Waals surface area contributed by atoms with Crippen LogP contribution < -0.4 is 15.4 Å². The highest BCUT2D eigenvalue weighted by molar-refractivity contribution is 7.93. The van der Waals surface area contributed by atoms with Crippen molar-refractivity contribution in [3.63, 3.8) is 0 Å². The van der Waals surface area contributed by atoms with Crippen molar-refractivity contribution in [1.29, 1.82) is 0 Å². The molecule has 1 atom stereocenters. The first-order valence-corrected chi connectivity index (χ1v) is 12.7. The Morgan fingerprint density at radius 2 is 1.82 bits per heavy atom. The summed E-state index contributed by atoms with van der Waals surface area (Å²) in [6.45, 7) is 2.96. The van der Waals surface area contributed by atoms with Crippen molar-refractivity contribution in [3.05, 3.63) is 53.2 Å². The highest BCUT2D eigenvalue weighted by Crippen LogP contribution is 2.36. The number of sulfone groups is 1. The summed E-state index contributed by atoms with van der Waals surface area (Å²) in [6.07, 6.45) is 6.38. The zero-order valence-corrected chi connectivity index (χ0v) is 19.7. The summed E-state index contributed by atoms with van der Waals surface area (Å²) >= 11 is 0. The Morgan fingerprint density at radius 1 is 1.15 bits per heavy atom. The lowest BCUT2D eigenvalue weighted by Gasteiger charge is -2.18. The van der Waals surface area contributed by atoms with E-state index < -0.39 is 27.7 Å². The molecule has 1 aromatic heterocycles. The zero-order valence-electron chi connectivity index (χ0n) is 18.9.